The fraction of sp³-hybridized carbons (Fsp3) is 0.222. The van der Waals surface area contributed by atoms with E-state index in [0.717, 1.165) is 6.07 Å². The molecule has 1 rings (SSSR count). The van der Waals surface area contributed by atoms with Gasteiger partial charge in [-0.15, -0.1) is 0 Å². The van der Waals surface area contributed by atoms with E-state index in [4.69, 9.17) is 16.9 Å². The number of carbonyl (C=O) groups excluding carboxylic acids is 1. The molecule has 1 heterocycles. The van der Waals surface area contributed by atoms with E-state index in [0.29, 0.717) is 0 Å². The lowest BCUT2D eigenvalue weighted by Gasteiger charge is -2.08. The minimum Gasteiger partial charge on any atom is -0.276 e. The maximum atomic E-state index is 12.6. The minimum atomic E-state index is -2.84. The van der Waals surface area contributed by atoms with E-state index in [1.807, 2.05) is 0 Å². The quantitative estimate of drug-likeness (QED) is 0.734. The Morgan fingerprint density at radius 2 is 2.27 bits per heavy atom. The first-order valence-corrected chi connectivity index (χ1v) is 4.24. The number of alkyl halides is 2. The van der Waals surface area contributed by atoms with Gasteiger partial charge in [-0.05, 0) is 24.6 Å². The van der Waals surface area contributed by atoms with Crippen LogP contribution < -0.4 is 0 Å². The fourth-order valence-electron chi connectivity index (χ4n) is 1.18. The lowest BCUT2D eigenvalue weighted by molar-refractivity contribution is 0.106. The fourth-order valence-corrected chi connectivity index (χ4v) is 1.33. The van der Waals surface area contributed by atoms with Crippen molar-refractivity contribution in [2.24, 2.45) is 0 Å². The largest absolute Gasteiger partial charge is 0.276 e. The summed E-state index contributed by atoms with van der Waals surface area (Å²) in [4.78, 5) is 14.5. The molecule has 0 spiro atoms. The first-order valence-electron chi connectivity index (χ1n) is 3.87. The molecule has 0 N–H and O–H groups in total. The van der Waals surface area contributed by atoms with Crippen molar-refractivity contribution in [1.82, 2.24) is 4.98 Å². The van der Waals surface area contributed by atoms with Crippen LogP contribution in [0.15, 0.2) is 6.07 Å². The van der Waals surface area contributed by atoms with E-state index in [9.17, 15) is 13.6 Å². The minimum absolute atomic E-state index is 0.0620. The molecular weight excluding hydrogens is 226 g/mol. The van der Waals surface area contributed by atoms with Crippen molar-refractivity contribution >= 4 is 16.8 Å². The maximum Gasteiger partial charge on any atom is 0.266 e. The van der Waals surface area contributed by atoms with Crippen LogP contribution in [-0.2, 0) is 0 Å². The summed E-state index contributed by atoms with van der Waals surface area (Å²) in [6.45, 7) is 1.30. The number of aromatic nitrogens is 1. The number of pyridine rings is 1. The summed E-state index contributed by atoms with van der Waals surface area (Å²) in [7, 11) is 0. The summed E-state index contributed by atoms with van der Waals surface area (Å²) >= 11 is 5.14. The third-order valence-corrected chi connectivity index (χ3v) is 2.00. The Hall–Kier alpha value is -1.54. The van der Waals surface area contributed by atoms with Crippen molar-refractivity contribution < 1.29 is 13.6 Å². The van der Waals surface area contributed by atoms with Crippen LogP contribution in [0.1, 0.15) is 33.7 Å². The van der Waals surface area contributed by atoms with Gasteiger partial charge >= 0.3 is 0 Å². The first-order chi connectivity index (χ1) is 6.97. The zero-order chi connectivity index (χ0) is 11.6. The third kappa shape index (κ3) is 2.28. The van der Waals surface area contributed by atoms with Gasteiger partial charge in [0, 0.05) is 11.3 Å². The molecule has 0 aromatic carbocycles. The van der Waals surface area contributed by atoms with Crippen LogP contribution in [0.3, 0.4) is 0 Å². The molecule has 0 unspecified atom stereocenters. The Morgan fingerprint density at radius 3 is 2.67 bits per heavy atom. The predicted octanol–water partition coefficient (Wildman–Crippen LogP) is 2.58. The number of hydrogen-bond acceptors (Lipinski definition) is 3. The van der Waals surface area contributed by atoms with Crippen LogP contribution in [0.25, 0.3) is 0 Å². The van der Waals surface area contributed by atoms with Crippen molar-refractivity contribution in [3.8, 4) is 6.07 Å². The number of nitriles is 1. The zero-order valence-corrected chi connectivity index (χ0v) is 8.35. The highest BCUT2D eigenvalue weighted by atomic mass is 35.5. The highest BCUT2D eigenvalue weighted by Crippen LogP contribution is 2.27. The average molecular weight is 231 g/mol. The monoisotopic (exact) mass is 230 g/mol. The molecule has 0 aliphatic heterocycles. The van der Waals surface area contributed by atoms with Crippen LogP contribution in [-0.4, -0.2) is 10.2 Å². The van der Waals surface area contributed by atoms with Gasteiger partial charge in [0.25, 0.3) is 11.7 Å². The van der Waals surface area contributed by atoms with Crippen LogP contribution in [0.5, 0.6) is 0 Å². The second-order valence-electron chi connectivity index (χ2n) is 2.74. The summed E-state index contributed by atoms with van der Waals surface area (Å²) in [5.74, 6) is 0. The van der Waals surface area contributed by atoms with Crippen LogP contribution in [0.2, 0.25) is 0 Å². The molecule has 15 heavy (non-hydrogen) atoms. The molecular formula is C9H5ClF2N2O. The molecule has 0 saturated heterocycles. The Labute approximate surface area is 89.3 Å². The van der Waals surface area contributed by atoms with E-state index in [1.54, 1.807) is 6.07 Å². The van der Waals surface area contributed by atoms with Gasteiger partial charge in [0.15, 0.2) is 0 Å². The van der Waals surface area contributed by atoms with Gasteiger partial charge in [0.1, 0.15) is 11.8 Å². The Bertz CT molecular complexity index is 454. The summed E-state index contributed by atoms with van der Waals surface area (Å²) in [6, 6.07) is 2.62. The van der Waals surface area contributed by atoms with Gasteiger partial charge in [-0.2, -0.15) is 5.26 Å². The summed E-state index contributed by atoms with van der Waals surface area (Å²) < 4.78 is 25.1. The second-order valence-corrected chi connectivity index (χ2v) is 3.08. The molecule has 3 nitrogen and oxygen atoms in total. The maximum absolute atomic E-state index is 12.6. The molecule has 0 aliphatic carbocycles. The van der Waals surface area contributed by atoms with Crippen LogP contribution in [0, 0.1) is 18.3 Å². The predicted molar refractivity (Wildman–Crippen MR) is 48.8 cm³/mol. The van der Waals surface area contributed by atoms with Crippen molar-refractivity contribution in [2.45, 2.75) is 13.3 Å². The molecule has 0 atom stereocenters. The van der Waals surface area contributed by atoms with Gasteiger partial charge in [-0.25, -0.2) is 13.8 Å². The van der Waals surface area contributed by atoms with Gasteiger partial charge in [-0.3, -0.25) is 4.79 Å². The summed E-state index contributed by atoms with van der Waals surface area (Å²) in [5.41, 5.74) is -1.06. The van der Waals surface area contributed by atoms with Crippen molar-refractivity contribution in [1.29, 1.82) is 5.26 Å². The third-order valence-electron chi connectivity index (χ3n) is 1.79. The van der Waals surface area contributed by atoms with E-state index >= 15 is 0 Å². The highest BCUT2D eigenvalue weighted by Gasteiger charge is 2.21. The Balaban J connectivity index is 3.51. The zero-order valence-electron chi connectivity index (χ0n) is 7.59. The highest BCUT2D eigenvalue weighted by molar-refractivity contribution is 6.68. The van der Waals surface area contributed by atoms with Crippen LogP contribution in [0.4, 0.5) is 8.78 Å². The molecule has 78 valence electrons. The summed E-state index contributed by atoms with van der Waals surface area (Å²) in [5, 5.41) is 7.52. The molecule has 0 radical (unpaired) electrons. The van der Waals surface area contributed by atoms with E-state index < -0.39 is 17.2 Å². The van der Waals surface area contributed by atoms with E-state index in [2.05, 4.69) is 4.98 Å². The van der Waals surface area contributed by atoms with Gasteiger partial charge in [-0.1, -0.05) is 0 Å². The topological polar surface area (TPSA) is 53.8 Å². The smallest absolute Gasteiger partial charge is 0.266 e. The van der Waals surface area contributed by atoms with Gasteiger partial charge in [0.2, 0.25) is 0 Å². The van der Waals surface area contributed by atoms with E-state index in [1.165, 1.54) is 6.92 Å². The van der Waals surface area contributed by atoms with Gasteiger partial charge in [0.05, 0.1) is 5.56 Å². The molecule has 6 heteroatoms. The number of carbonyl (C=O) groups is 1. The summed E-state index contributed by atoms with van der Waals surface area (Å²) in [6.07, 6.45) is -2.84. The van der Waals surface area contributed by atoms with Crippen molar-refractivity contribution in [2.75, 3.05) is 0 Å². The Kier molecular flexibility index (Phi) is 3.32. The number of nitrogens with zero attached hydrogens (tertiary/aromatic N) is 2. The van der Waals surface area contributed by atoms with Crippen molar-refractivity contribution in [3.63, 3.8) is 0 Å². The Morgan fingerprint density at radius 1 is 1.67 bits per heavy atom. The van der Waals surface area contributed by atoms with Crippen LogP contribution >= 0.6 is 11.6 Å². The SMILES string of the molecule is Cc1nc(C#N)cc(C(=O)Cl)c1C(F)F. The normalized spacial score (nSPS) is 10.1. The molecule has 0 fully saturated rings. The van der Waals surface area contributed by atoms with Gasteiger partial charge < -0.3 is 0 Å². The number of hydrogen-bond donors (Lipinski definition) is 0. The second kappa shape index (κ2) is 4.32. The first kappa shape index (κ1) is 11.5. The molecule has 0 aliphatic rings. The molecule has 0 saturated carbocycles. The van der Waals surface area contributed by atoms with E-state index in [-0.39, 0.29) is 17.0 Å². The van der Waals surface area contributed by atoms with Crippen molar-refractivity contribution in [3.05, 3.63) is 28.6 Å². The number of halogens is 3. The standard InChI is InChI=1S/C9H5ClF2N2O/c1-4-7(9(11)12)6(8(10)15)2-5(3-13)14-4/h2,9H,1H3. The number of rotatable bonds is 2. The molecule has 1 aromatic rings. The lowest BCUT2D eigenvalue weighted by atomic mass is 10.1. The lowest BCUT2D eigenvalue weighted by Crippen LogP contribution is -2.05. The molecule has 1 aromatic heterocycles. The molecule has 0 bridgehead atoms. The average Bonchev–Trinajstić information content (AvgIpc) is 2.15. The molecule has 0 amide bonds. The number of aryl methyl sites for hydroxylation is 1.